The predicted octanol–water partition coefficient (Wildman–Crippen LogP) is 1.76. The molecule has 3 rings (SSSR count). The van der Waals surface area contributed by atoms with Gasteiger partial charge in [0.05, 0.1) is 0 Å². The second-order valence-electron chi connectivity index (χ2n) is 5.08. The molecule has 2 saturated heterocycles. The number of piperazine rings is 1. The van der Waals surface area contributed by atoms with E-state index in [1.807, 2.05) is 35.2 Å². The summed E-state index contributed by atoms with van der Waals surface area (Å²) in [6.07, 6.45) is 2.16. The van der Waals surface area contributed by atoms with Crippen molar-refractivity contribution in [1.82, 2.24) is 10.2 Å². The van der Waals surface area contributed by atoms with Crippen LogP contribution in [0.2, 0.25) is 0 Å². The van der Waals surface area contributed by atoms with E-state index < -0.39 is 0 Å². The normalized spacial score (nSPS) is 26.1. The van der Waals surface area contributed by atoms with E-state index in [2.05, 4.69) is 5.32 Å². The summed E-state index contributed by atoms with van der Waals surface area (Å²) < 4.78 is 5.35. The Hall–Kier alpha value is -1.55. The minimum Gasteiger partial charge on any atom is -0.445 e. The van der Waals surface area contributed by atoms with Gasteiger partial charge in [-0.2, -0.15) is 0 Å². The van der Waals surface area contributed by atoms with Gasteiger partial charge < -0.3 is 15.0 Å². The summed E-state index contributed by atoms with van der Waals surface area (Å²) in [5.74, 6) is 0. The third kappa shape index (κ3) is 2.48. The summed E-state index contributed by atoms with van der Waals surface area (Å²) in [5.41, 5.74) is 1.03. The smallest absolute Gasteiger partial charge is 0.410 e. The van der Waals surface area contributed by atoms with Gasteiger partial charge in [0.2, 0.25) is 0 Å². The zero-order valence-electron chi connectivity index (χ0n) is 10.3. The molecule has 2 fully saturated rings. The summed E-state index contributed by atoms with van der Waals surface area (Å²) in [5, 5.41) is 3.50. The molecule has 0 saturated carbocycles. The van der Waals surface area contributed by atoms with Crippen LogP contribution in [-0.2, 0) is 11.3 Å². The number of likely N-dealkylation sites (tertiary alicyclic amines) is 1. The van der Waals surface area contributed by atoms with Gasteiger partial charge in [-0.3, -0.25) is 0 Å². The van der Waals surface area contributed by atoms with Crippen molar-refractivity contribution in [3.63, 3.8) is 0 Å². The highest BCUT2D eigenvalue weighted by Crippen LogP contribution is 2.20. The van der Waals surface area contributed by atoms with E-state index in [-0.39, 0.29) is 6.09 Å². The topological polar surface area (TPSA) is 41.6 Å². The molecule has 96 valence electrons. The van der Waals surface area contributed by atoms with Crippen molar-refractivity contribution in [1.29, 1.82) is 0 Å². The SMILES string of the molecule is O=C(OCc1ccccc1)N1CC2CCC(C1)N2. The van der Waals surface area contributed by atoms with E-state index in [0.717, 1.165) is 18.7 Å². The van der Waals surface area contributed by atoms with Crippen LogP contribution in [0.3, 0.4) is 0 Å². The molecule has 2 heterocycles. The lowest BCUT2D eigenvalue weighted by atomic mass is 10.2. The molecule has 1 N–H and O–H groups in total. The number of fused-ring (bicyclic) bond motifs is 2. The maximum absolute atomic E-state index is 12.0. The predicted molar refractivity (Wildman–Crippen MR) is 68.1 cm³/mol. The van der Waals surface area contributed by atoms with Crippen LogP contribution in [-0.4, -0.2) is 36.2 Å². The van der Waals surface area contributed by atoms with Crippen LogP contribution in [0.15, 0.2) is 30.3 Å². The summed E-state index contributed by atoms with van der Waals surface area (Å²) in [7, 11) is 0. The number of nitrogens with one attached hydrogen (secondary N) is 1. The molecule has 1 aromatic carbocycles. The summed E-state index contributed by atoms with van der Waals surface area (Å²) >= 11 is 0. The lowest BCUT2D eigenvalue weighted by molar-refractivity contribution is 0.0839. The molecule has 18 heavy (non-hydrogen) atoms. The lowest BCUT2D eigenvalue weighted by Crippen LogP contribution is -2.53. The van der Waals surface area contributed by atoms with Crippen LogP contribution in [0.5, 0.6) is 0 Å². The molecule has 2 unspecified atom stereocenters. The number of ether oxygens (including phenoxy) is 1. The fraction of sp³-hybridized carbons (Fsp3) is 0.500. The van der Waals surface area contributed by atoms with Gasteiger partial charge in [0.15, 0.2) is 0 Å². The first-order valence-corrected chi connectivity index (χ1v) is 6.53. The highest BCUT2D eigenvalue weighted by molar-refractivity contribution is 5.68. The average Bonchev–Trinajstić information content (AvgIpc) is 2.76. The Kier molecular flexibility index (Phi) is 3.19. The third-order valence-electron chi connectivity index (χ3n) is 3.68. The van der Waals surface area contributed by atoms with Crippen molar-refractivity contribution >= 4 is 6.09 Å². The van der Waals surface area contributed by atoms with Gasteiger partial charge in [0.25, 0.3) is 0 Å². The van der Waals surface area contributed by atoms with Crippen molar-refractivity contribution in [2.24, 2.45) is 0 Å². The molecule has 0 aliphatic carbocycles. The minimum absolute atomic E-state index is 0.183. The molecule has 2 atom stereocenters. The van der Waals surface area contributed by atoms with Crippen LogP contribution >= 0.6 is 0 Å². The molecule has 1 amide bonds. The fourth-order valence-electron chi connectivity index (χ4n) is 2.76. The van der Waals surface area contributed by atoms with Crippen molar-refractivity contribution in [2.45, 2.75) is 31.5 Å². The van der Waals surface area contributed by atoms with E-state index in [0.29, 0.717) is 18.7 Å². The van der Waals surface area contributed by atoms with Gasteiger partial charge in [-0.15, -0.1) is 0 Å². The minimum atomic E-state index is -0.183. The molecular weight excluding hydrogens is 228 g/mol. The lowest BCUT2D eigenvalue weighted by Gasteiger charge is -2.32. The van der Waals surface area contributed by atoms with Gasteiger partial charge in [0, 0.05) is 25.2 Å². The number of nitrogens with zero attached hydrogens (tertiary/aromatic N) is 1. The first-order chi connectivity index (χ1) is 8.81. The van der Waals surface area contributed by atoms with Crippen LogP contribution in [0.1, 0.15) is 18.4 Å². The van der Waals surface area contributed by atoms with E-state index in [1.54, 1.807) is 0 Å². The number of carbonyl (C=O) groups is 1. The standard InChI is InChI=1S/C14H18N2O2/c17-14(18-10-11-4-2-1-3-5-11)16-8-12-6-7-13(9-16)15-12/h1-5,12-13,15H,6-10H2. The van der Waals surface area contributed by atoms with E-state index in [9.17, 15) is 4.79 Å². The van der Waals surface area contributed by atoms with Crippen molar-refractivity contribution in [3.05, 3.63) is 35.9 Å². The molecule has 2 bridgehead atoms. The quantitative estimate of drug-likeness (QED) is 0.864. The molecule has 1 aromatic rings. The van der Waals surface area contributed by atoms with Gasteiger partial charge in [-0.05, 0) is 18.4 Å². The molecular formula is C14H18N2O2. The number of amides is 1. The Labute approximate surface area is 107 Å². The van der Waals surface area contributed by atoms with Crippen LogP contribution in [0.25, 0.3) is 0 Å². The molecule has 0 spiro atoms. The van der Waals surface area contributed by atoms with Gasteiger partial charge in [-0.1, -0.05) is 30.3 Å². The second-order valence-corrected chi connectivity index (χ2v) is 5.08. The first-order valence-electron chi connectivity index (χ1n) is 6.53. The molecule has 0 aromatic heterocycles. The Balaban J connectivity index is 1.53. The Morgan fingerprint density at radius 2 is 1.89 bits per heavy atom. The number of hydrogen-bond acceptors (Lipinski definition) is 3. The molecule has 4 nitrogen and oxygen atoms in total. The van der Waals surface area contributed by atoms with E-state index in [1.165, 1.54) is 12.8 Å². The van der Waals surface area contributed by atoms with E-state index in [4.69, 9.17) is 4.74 Å². The largest absolute Gasteiger partial charge is 0.445 e. The molecule has 2 aliphatic heterocycles. The van der Waals surface area contributed by atoms with Crippen molar-refractivity contribution in [2.75, 3.05) is 13.1 Å². The van der Waals surface area contributed by atoms with E-state index >= 15 is 0 Å². The van der Waals surface area contributed by atoms with Crippen LogP contribution in [0, 0.1) is 0 Å². The number of hydrogen-bond donors (Lipinski definition) is 1. The monoisotopic (exact) mass is 246 g/mol. The third-order valence-corrected chi connectivity index (χ3v) is 3.68. The summed E-state index contributed by atoms with van der Waals surface area (Å²) in [6, 6.07) is 10.7. The first kappa shape index (κ1) is 11.5. The van der Waals surface area contributed by atoms with Gasteiger partial charge >= 0.3 is 6.09 Å². The Morgan fingerprint density at radius 1 is 1.22 bits per heavy atom. The number of rotatable bonds is 2. The number of benzene rings is 1. The highest BCUT2D eigenvalue weighted by atomic mass is 16.6. The average molecular weight is 246 g/mol. The summed E-state index contributed by atoms with van der Waals surface area (Å²) in [4.78, 5) is 13.8. The molecule has 0 radical (unpaired) electrons. The molecule has 2 aliphatic rings. The van der Waals surface area contributed by atoms with Crippen LogP contribution in [0.4, 0.5) is 4.79 Å². The molecule has 4 heteroatoms. The number of carbonyl (C=O) groups excluding carboxylic acids is 1. The zero-order valence-corrected chi connectivity index (χ0v) is 10.3. The summed E-state index contributed by atoms with van der Waals surface area (Å²) in [6.45, 7) is 1.92. The Morgan fingerprint density at radius 3 is 2.56 bits per heavy atom. The second kappa shape index (κ2) is 4.98. The van der Waals surface area contributed by atoms with Crippen molar-refractivity contribution in [3.8, 4) is 0 Å². The maximum atomic E-state index is 12.0. The zero-order chi connectivity index (χ0) is 12.4. The van der Waals surface area contributed by atoms with Gasteiger partial charge in [0.1, 0.15) is 6.61 Å². The van der Waals surface area contributed by atoms with Crippen LogP contribution < -0.4 is 5.32 Å². The Bertz CT molecular complexity index is 409. The maximum Gasteiger partial charge on any atom is 0.410 e. The van der Waals surface area contributed by atoms with Crippen molar-refractivity contribution < 1.29 is 9.53 Å². The van der Waals surface area contributed by atoms with Gasteiger partial charge in [-0.25, -0.2) is 4.79 Å². The highest BCUT2D eigenvalue weighted by Gasteiger charge is 2.34. The fourth-order valence-corrected chi connectivity index (χ4v) is 2.76.